The minimum Gasteiger partial charge on any atom is -0.456 e. The van der Waals surface area contributed by atoms with Gasteiger partial charge in [-0.05, 0) is 47.6 Å². The second-order valence-electron chi connectivity index (χ2n) is 6.68. The number of hydrogen-bond donors (Lipinski definition) is 1. The Kier molecular flexibility index (Phi) is 5.40. The van der Waals surface area contributed by atoms with Gasteiger partial charge in [0.05, 0.1) is 17.4 Å². The fourth-order valence-electron chi connectivity index (χ4n) is 1.45. The Morgan fingerprint density at radius 3 is 2.14 bits per heavy atom. The van der Waals surface area contributed by atoms with Gasteiger partial charge in [0, 0.05) is 0 Å². The number of carbonyl (C=O) groups excluding carboxylic acids is 2. The summed E-state index contributed by atoms with van der Waals surface area (Å²) in [6.07, 6.45) is 0.590. The van der Waals surface area contributed by atoms with Gasteiger partial charge in [-0.15, -0.1) is 0 Å². The van der Waals surface area contributed by atoms with E-state index in [2.05, 4.69) is 10.3 Å². The van der Waals surface area contributed by atoms with Gasteiger partial charge >= 0.3 is 12.1 Å². The molecule has 7 heteroatoms. The highest BCUT2D eigenvalue weighted by atomic mass is 35.5. The number of carbonyl (C=O) groups is 2. The molecule has 1 aromatic rings. The van der Waals surface area contributed by atoms with Crippen LogP contribution in [0.3, 0.4) is 0 Å². The van der Waals surface area contributed by atoms with Crippen LogP contribution in [0.15, 0.2) is 12.3 Å². The third-order valence-corrected chi connectivity index (χ3v) is 2.33. The Morgan fingerprint density at radius 2 is 1.64 bits per heavy atom. The quantitative estimate of drug-likeness (QED) is 0.655. The predicted molar refractivity (Wildman–Crippen MR) is 84.3 cm³/mol. The Bertz CT molecular complexity index is 574. The van der Waals surface area contributed by atoms with Gasteiger partial charge in [-0.3, -0.25) is 5.32 Å². The molecule has 1 heterocycles. The molecule has 0 saturated carbocycles. The molecular formula is C15H21ClN2O4. The minimum atomic E-state index is -0.693. The molecule has 1 rings (SSSR count). The van der Waals surface area contributed by atoms with Gasteiger partial charge < -0.3 is 9.47 Å². The van der Waals surface area contributed by atoms with Gasteiger partial charge in [0.15, 0.2) is 0 Å². The summed E-state index contributed by atoms with van der Waals surface area (Å²) in [6.45, 7) is 10.4. The lowest BCUT2D eigenvalue weighted by molar-refractivity contribution is 0.00706. The Labute approximate surface area is 135 Å². The number of pyridine rings is 1. The molecule has 0 atom stereocenters. The van der Waals surface area contributed by atoms with Gasteiger partial charge in [-0.25, -0.2) is 14.6 Å². The number of rotatable bonds is 2. The molecular weight excluding hydrogens is 308 g/mol. The highest BCUT2D eigenvalue weighted by Gasteiger charge is 2.23. The van der Waals surface area contributed by atoms with E-state index in [1.807, 2.05) is 0 Å². The highest BCUT2D eigenvalue weighted by Crippen LogP contribution is 2.22. The summed E-state index contributed by atoms with van der Waals surface area (Å²) in [5.74, 6) is -0.608. The number of esters is 1. The van der Waals surface area contributed by atoms with Crippen LogP contribution < -0.4 is 5.32 Å². The van der Waals surface area contributed by atoms with E-state index in [0.717, 1.165) is 0 Å². The van der Waals surface area contributed by atoms with Crippen LogP contribution in [0.2, 0.25) is 5.15 Å². The van der Waals surface area contributed by atoms with Gasteiger partial charge in [0.2, 0.25) is 0 Å². The molecule has 0 aliphatic heterocycles. The largest absolute Gasteiger partial charge is 0.456 e. The summed E-state index contributed by atoms with van der Waals surface area (Å²) in [5, 5.41) is 2.60. The highest BCUT2D eigenvalue weighted by molar-refractivity contribution is 6.29. The second-order valence-corrected chi connectivity index (χ2v) is 7.07. The topological polar surface area (TPSA) is 77.5 Å². The maximum atomic E-state index is 12.2. The first-order chi connectivity index (χ1) is 9.87. The summed E-state index contributed by atoms with van der Waals surface area (Å²) >= 11 is 5.81. The molecule has 0 aliphatic rings. The Morgan fingerprint density at radius 1 is 1.09 bits per heavy atom. The van der Waals surface area contributed by atoms with Crippen molar-refractivity contribution in [2.45, 2.75) is 52.7 Å². The number of amides is 1. The van der Waals surface area contributed by atoms with E-state index in [4.69, 9.17) is 21.1 Å². The van der Waals surface area contributed by atoms with E-state index < -0.39 is 23.3 Å². The second kappa shape index (κ2) is 6.52. The molecule has 0 spiro atoms. The van der Waals surface area contributed by atoms with Crippen LogP contribution in [0, 0.1) is 0 Å². The van der Waals surface area contributed by atoms with E-state index in [0.29, 0.717) is 0 Å². The molecule has 0 saturated heterocycles. The molecule has 0 bridgehead atoms. The number of nitrogens with zero attached hydrogens (tertiary/aromatic N) is 1. The van der Waals surface area contributed by atoms with Gasteiger partial charge in [-0.1, -0.05) is 11.6 Å². The number of ether oxygens (including phenoxy) is 2. The zero-order valence-corrected chi connectivity index (χ0v) is 14.4. The van der Waals surface area contributed by atoms with Gasteiger partial charge in [0.1, 0.15) is 16.4 Å². The van der Waals surface area contributed by atoms with E-state index in [1.165, 1.54) is 12.3 Å². The number of halogens is 1. The summed E-state index contributed by atoms with van der Waals surface area (Å²) in [6, 6.07) is 1.34. The number of hydrogen-bond acceptors (Lipinski definition) is 5. The molecule has 0 unspecified atom stereocenters. The molecule has 22 heavy (non-hydrogen) atoms. The van der Waals surface area contributed by atoms with E-state index in [1.54, 1.807) is 41.5 Å². The van der Waals surface area contributed by atoms with Crippen LogP contribution in [-0.2, 0) is 9.47 Å². The first-order valence-electron chi connectivity index (χ1n) is 6.76. The maximum Gasteiger partial charge on any atom is 0.412 e. The smallest absolute Gasteiger partial charge is 0.412 e. The van der Waals surface area contributed by atoms with Crippen molar-refractivity contribution in [3.8, 4) is 0 Å². The summed E-state index contributed by atoms with van der Waals surface area (Å²) < 4.78 is 10.4. The average molecular weight is 329 g/mol. The van der Waals surface area contributed by atoms with Gasteiger partial charge in [0.25, 0.3) is 0 Å². The summed E-state index contributed by atoms with van der Waals surface area (Å²) in [5.41, 5.74) is -1.04. The molecule has 6 nitrogen and oxygen atoms in total. The van der Waals surface area contributed by atoms with Crippen LogP contribution in [-0.4, -0.2) is 28.2 Å². The van der Waals surface area contributed by atoms with Crippen molar-refractivity contribution in [3.63, 3.8) is 0 Å². The number of aromatic nitrogens is 1. The normalized spacial score (nSPS) is 11.8. The van der Waals surface area contributed by atoms with Crippen LogP contribution in [0.5, 0.6) is 0 Å². The van der Waals surface area contributed by atoms with Crippen molar-refractivity contribution < 1.29 is 19.1 Å². The molecule has 122 valence electrons. The van der Waals surface area contributed by atoms with Crippen molar-refractivity contribution in [2.24, 2.45) is 0 Å². The van der Waals surface area contributed by atoms with Crippen LogP contribution in [0.25, 0.3) is 0 Å². The van der Waals surface area contributed by atoms with Crippen molar-refractivity contribution >= 4 is 29.4 Å². The molecule has 0 radical (unpaired) electrons. The van der Waals surface area contributed by atoms with Crippen LogP contribution in [0.1, 0.15) is 51.9 Å². The molecule has 1 aromatic heterocycles. The van der Waals surface area contributed by atoms with Crippen molar-refractivity contribution in [1.29, 1.82) is 0 Å². The molecule has 1 amide bonds. The standard InChI is InChI=1S/C15H21ClN2O4/c1-14(2,3)21-12(19)9-7-11(16)17-8-10(9)18-13(20)22-15(4,5)6/h7-8H,1-6H3,(H,18,20). The van der Waals surface area contributed by atoms with Gasteiger partial charge in [-0.2, -0.15) is 0 Å². The monoisotopic (exact) mass is 328 g/mol. The fourth-order valence-corrected chi connectivity index (χ4v) is 1.60. The number of anilines is 1. The van der Waals surface area contributed by atoms with Crippen LogP contribution >= 0.6 is 11.6 Å². The van der Waals surface area contributed by atoms with Crippen molar-refractivity contribution in [2.75, 3.05) is 5.32 Å². The van der Waals surface area contributed by atoms with Crippen molar-refractivity contribution in [3.05, 3.63) is 23.0 Å². The SMILES string of the molecule is CC(C)(C)OC(=O)Nc1cnc(Cl)cc1C(=O)OC(C)(C)C. The van der Waals surface area contributed by atoms with E-state index in [-0.39, 0.29) is 16.4 Å². The first-order valence-corrected chi connectivity index (χ1v) is 7.14. The average Bonchev–Trinajstić information content (AvgIpc) is 2.26. The predicted octanol–water partition coefficient (Wildman–Crippen LogP) is 4.04. The first kappa shape index (κ1) is 18.2. The lowest BCUT2D eigenvalue weighted by Gasteiger charge is -2.22. The third-order valence-electron chi connectivity index (χ3n) is 2.13. The summed E-state index contributed by atoms with van der Waals surface area (Å²) in [4.78, 5) is 27.9. The minimum absolute atomic E-state index is 0.112. The number of nitrogens with one attached hydrogen (secondary N) is 1. The summed E-state index contributed by atoms with van der Waals surface area (Å²) in [7, 11) is 0. The zero-order chi connectivity index (χ0) is 17.1. The van der Waals surface area contributed by atoms with E-state index in [9.17, 15) is 9.59 Å². The molecule has 0 fully saturated rings. The van der Waals surface area contributed by atoms with Crippen LogP contribution in [0.4, 0.5) is 10.5 Å². The molecule has 0 aromatic carbocycles. The Balaban J connectivity index is 3.01. The van der Waals surface area contributed by atoms with Crippen molar-refractivity contribution in [1.82, 2.24) is 4.98 Å². The lowest BCUT2D eigenvalue weighted by Crippen LogP contribution is -2.28. The van der Waals surface area contributed by atoms with E-state index >= 15 is 0 Å². The zero-order valence-electron chi connectivity index (χ0n) is 13.6. The fraction of sp³-hybridized carbons (Fsp3) is 0.533. The maximum absolute atomic E-state index is 12.2. The molecule has 1 N–H and O–H groups in total. The lowest BCUT2D eigenvalue weighted by atomic mass is 10.1. The Hall–Kier alpha value is -1.82. The molecule has 0 aliphatic carbocycles. The third kappa shape index (κ3) is 6.30.